The third-order valence-corrected chi connectivity index (χ3v) is 5.03. The number of aryl methyl sites for hydroxylation is 1. The van der Waals surface area contributed by atoms with Crippen LogP contribution < -0.4 is 4.74 Å². The van der Waals surface area contributed by atoms with Gasteiger partial charge in [0.1, 0.15) is 5.75 Å². The number of nitrogens with zero attached hydrogens (tertiary/aromatic N) is 2. The summed E-state index contributed by atoms with van der Waals surface area (Å²) in [6.07, 6.45) is 7.68. The highest BCUT2D eigenvalue weighted by Gasteiger charge is 2.18. The Hall–Kier alpha value is -1.74. The zero-order valence-electron chi connectivity index (χ0n) is 15.3. The molecule has 0 saturated carbocycles. The van der Waals surface area contributed by atoms with E-state index in [-0.39, 0.29) is 0 Å². The molecule has 0 fully saturated rings. The van der Waals surface area contributed by atoms with Crippen molar-refractivity contribution in [3.05, 3.63) is 41.6 Å². The maximum Gasteiger partial charge on any atom is 0.118 e. The molecule has 0 atom stereocenters. The average Bonchev–Trinajstić information content (AvgIpc) is 2.77. The molecule has 2 aromatic rings. The summed E-state index contributed by atoms with van der Waals surface area (Å²) in [5, 5.41) is 0. The Labute approximate surface area is 146 Å². The molecule has 3 rings (SSSR count). The molecule has 0 N–H and O–H groups in total. The van der Waals surface area contributed by atoms with E-state index in [0.717, 1.165) is 18.8 Å². The quantitative estimate of drug-likeness (QED) is 0.733. The summed E-state index contributed by atoms with van der Waals surface area (Å²) in [5.74, 6) is 0.922. The Morgan fingerprint density at radius 2 is 1.79 bits per heavy atom. The summed E-state index contributed by atoms with van der Waals surface area (Å²) < 4.78 is 7.90. The summed E-state index contributed by atoms with van der Waals surface area (Å²) in [4.78, 5) is 2.27. The highest BCUT2D eigenvalue weighted by atomic mass is 16.5. The molecule has 1 aromatic carbocycles. The minimum atomic E-state index is 0.922. The predicted molar refractivity (Wildman–Crippen MR) is 101 cm³/mol. The van der Waals surface area contributed by atoms with Crippen LogP contribution in [0.3, 0.4) is 0 Å². The molecule has 0 saturated heterocycles. The second-order valence-electron chi connectivity index (χ2n) is 7.10. The van der Waals surface area contributed by atoms with E-state index in [1.165, 1.54) is 49.8 Å². The molecule has 1 aliphatic carbocycles. The van der Waals surface area contributed by atoms with Gasteiger partial charge in [-0.2, -0.15) is 0 Å². The third kappa shape index (κ3) is 3.84. The number of benzene rings is 1. The van der Waals surface area contributed by atoms with Crippen LogP contribution in [-0.2, 0) is 19.4 Å². The summed E-state index contributed by atoms with van der Waals surface area (Å²) in [6.45, 7) is 2.24. The minimum absolute atomic E-state index is 0.922. The van der Waals surface area contributed by atoms with Gasteiger partial charge in [0.15, 0.2) is 0 Å². The van der Waals surface area contributed by atoms with E-state index in [1.54, 1.807) is 18.4 Å². The van der Waals surface area contributed by atoms with Crippen LogP contribution in [0.25, 0.3) is 11.3 Å². The number of methoxy groups -OCH3 is 1. The van der Waals surface area contributed by atoms with Crippen molar-refractivity contribution in [3.63, 3.8) is 0 Å². The second kappa shape index (κ2) is 7.89. The van der Waals surface area contributed by atoms with Crippen LogP contribution in [0.1, 0.15) is 36.9 Å². The van der Waals surface area contributed by atoms with Gasteiger partial charge in [-0.25, -0.2) is 0 Å². The molecule has 130 valence electrons. The van der Waals surface area contributed by atoms with Crippen LogP contribution in [0, 0.1) is 0 Å². The molecule has 0 amide bonds. The van der Waals surface area contributed by atoms with E-state index in [9.17, 15) is 0 Å². The van der Waals surface area contributed by atoms with Gasteiger partial charge in [0, 0.05) is 17.9 Å². The molecule has 0 unspecified atom stereocenters. The summed E-state index contributed by atoms with van der Waals surface area (Å²) in [6, 6.07) is 11.0. The number of rotatable bonds is 6. The molecule has 1 aromatic heterocycles. The zero-order chi connectivity index (χ0) is 16.9. The lowest BCUT2D eigenvalue weighted by molar-refractivity contribution is 0.385. The SMILES string of the molecule is COc1ccc(-c2cc3c(n2CCCN(C)C)CCCCC3)cc1. The van der Waals surface area contributed by atoms with Gasteiger partial charge in [-0.3, -0.25) is 0 Å². The van der Waals surface area contributed by atoms with E-state index < -0.39 is 0 Å². The standard InChI is InChI=1S/C21H30N2O/c1-22(2)14-7-15-23-20-9-6-4-5-8-18(20)16-21(23)17-10-12-19(24-3)13-11-17/h10-13,16H,4-9,14-15H2,1-3H3. The molecular weight excluding hydrogens is 296 g/mol. The van der Waals surface area contributed by atoms with E-state index >= 15 is 0 Å². The summed E-state index contributed by atoms with van der Waals surface area (Å²) >= 11 is 0. The van der Waals surface area contributed by atoms with Gasteiger partial charge in [0.2, 0.25) is 0 Å². The number of hydrogen-bond donors (Lipinski definition) is 0. The van der Waals surface area contributed by atoms with Gasteiger partial charge in [-0.1, -0.05) is 6.42 Å². The second-order valence-corrected chi connectivity index (χ2v) is 7.10. The fourth-order valence-electron chi connectivity index (χ4n) is 3.74. The molecule has 1 heterocycles. The molecule has 3 nitrogen and oxygen atoms in total. The number of aromatic nitrogens is 1. The average molecular weight is 326 g/mol. The molecule has 0 aliphatic heterocycles. The van der Waals surface area contributed by atoms with Crippen LogP contribution >= 0.6 is 0 Å². The van der Waals surface area contributed by atoms with Crippen LogP contribution in [0.5, 0.6) is 5.75 Å². The molecule has 3 heteroatoms. The lowest BCUT2D eigenvalue weighted by atomic mass is 10.1. The van der Waals surface area contributed by atoms with Crippen LogP contribution in [0.4, 0.5) is 0 Å². The fraction of sp³-hybridized carbons (Fsp3) is 0.524. The predicted octanol–water partition coefficient (Wildman–Crippen LogP) is 4.38. The van der Waals surface area contributed by atoms with E-state index in [0.29, 0.717) is 0 Å². The van der Waals surface area contributed by atoms with Crippen molar-refractivity contribution < 1.29 is 4.74 Å². The fourth-order valence-corrected chi connectivity index (χ4v) is 3.74. The van der Waals surface area contributed by atoms with Crippen molar-refractivity contribution in [2.45, 2.75) is 45.1 Å². The summed E-state index contributed by atoms with van der Waals surface area (Å²) in [5.41, 5.74) is 5.83. The lowest BCUT2D eigenvalue weighted by Crippen LogP contribution is -2.16. The van der Waals surface area contributed by atoms with Gasteiger partial charge in [0.05, 0.1) is 7.11 Å². The molecular formula is C21H30N2O. The number of fused-ring (bicyclic) bond motifs is 1. The monoisotopic (exact) mass is 326 g/mol. The minimum Gasteiger partial charge on any atom is -0.497 e. The van der Waals surface area contributed by atoms with E-state index in [1.807, 2.05) is 0 Å². The Morgan fingerprint density at radius 1 is 1.04 bits per heavy atom. The van der Waals surface area contributed by atoms with Crippen molar-refractivity contribution in [3.8, 4) is 17.0 Å². The Bertz CT molecular complexity index is 655. The first-order valence-electron chi connectivity index (χ1n) is 9.19. The lowest BCUT2D eigenvalue weighted by Gasteiger charge is -2.16. The molecule has 0 radical (unpaired) electrons. The Kier molecular flexibility index (Phi) is 5.62. The van der Waals surface area contributed by atoms with Crippen LogP contribution in [0.15, 0.2) is 30.3 Å². The largest absolute Gasteiger partial charge is 0.497 e. The first-order valence-corrected chi connectivity index (χ1v) is 9.19. The molecule has 1 aliphatic rings. The van der Waals surface area contributed by atoms with Crippen molar-refractivity contribution in [2.24, 2.45) is 0 Å². The number of hydrogen-bond acceptors (Lipinski definition) is 2. The summed E-state index contributed by atoms with van der Waals surface area (Å²) in [7, 11) is 6.03. The first kappa shape index (κ1) is 17.1. The maximum atomic E-state index is 5.31. The van der Waals surface area contributed by atoms with Gasteiger partial charge >= 0.3 is 0 Å². The highest BCUT2D eigenvalue weighted by Crippen LogP contribution is 2.31. The van der Waals surface area contributed by atoms with E-state index in [2.05, 4.69) is 53.9 Å². The van der Waals surface area contributed by atoms with Crippen LogP contribution in [0.2, 0.25) is 0 Å². The Morgan fingerprint density at radius 3 is 2.50 bits per heavy atom. The van der Waals surface area contributed by atoms with Gasteiger partial charge in [0.25, 0.3) is 0 Å². The highest BCUT2D eigenvalue weighted by molar-refractivity contribution is 5.63. The molecule has 24 heavy (non-hydrogen) atoms. The third-order valence-electron chi connectivity index (χ3n) is 5.03. The zero-order valence-corrected chi connectivity index (χ0v) is 15.3. The van der Waals surface area contributed by atoms with Gasteiger partial charge in [-0.15, -0.1) is 0 Å². The van der Waals surface area contributed by atoms with Crippen molar-refractivity contribution in [1.82, 2.24) is 9.47 Å². The number of ether oxygens (including phenoxy) is 1. The van der Waals surface area contributed by atoms with Gasteiger partial charge in [-0.05, 0) is 94.2 Å². The normalized spacial score (nSPS) is 14.5. The van der Waals surface area contributed by atoms with E-state index in [4.69, 9.17) is 4.74 Å². The van der Waals surface area contributed by atoms with Crippen molar-refractivity contribution in [2.75, 3.05) is 27.7 Å². The smallest absolute Gasteiger partial charge is 0.118 e. The topological polar surface area (TPSA) is 17.4 Å². The first-order chi connectivity index (χ1) is 11.7. The van der Waals surface area contributed by atoms with Crippen molar-refractivity contribution in [1.29, 1.82) is 0 Å². The van der Waals surface area contributed by atoms with Crippen LogP contribution in [-0.4, -0.2) is 37.2 Å². The molecule has 0 bridgehead atoms. The van der Waals surface area contributed by atoms with Gasteiger partial charge < -0.3 is 14.2 Å². The maximum absolute atomic E-state index is 5.31. The van der Waals surface area contributed by atoms with Crippen molar-refractivity contribution >= 4 is 0 Å². The molecule has 0 spiro atoms. The Balaban J connectivity index is 1.93.